The summed E-state index contributed by atoms with van der Waals surface area (Å²) in [5.74, 6) is 0. The Kier molecular flexibility index (Phi) is 4.17. The van der Waals surface area contributed by atoms with Crippen molar-refractivity contribution in [3.63, 3.8) is 0 Å². The lowest BCUT2D eigenvalue weighted by atomic mass is 10.2. The van der Waals surface area contributed by atoms with E-state index in [1.807, 2.05) is 48.5 Å². The molecule has 1 aliphatic carbocycles. The zero-order valence-corrected chi connectivity index (χ0v) is 11.8. The predicted molar refractivity (Wildman–Crippen MR) is 85.4 cm³/mol. The highest BCUT2D eigenvalue weighted by Gasteiger charge is 2.19. The molecule has 4 heteroatoms. The molecule has 0 spiro atoms. The van der Waals surface area contributed by atoms with Crippen molar-refractivity contribution >= 4 is 17.4 Å². The van der Waals surface area contributed by atoms with Crippen molar-refractivity contribution in [3.05, 3.63) is 60.2 Å². The average Bonchev–Trinajstić information content (AvgIpc) is 3.31. The molecule has 0 unspecified atom stereocenters. The van der Waals surface area contributed by atoms with Gasteiger partial charge in [0.2, 0.25) is 0 Å². The van der Waals surface area contributed by atoms with Crippen LogP contribution in [-0.4, -0.2) is 12.1 Å². The normalized spacial score (nSPS) is 13.7. The highest BCUT2D eigenvalue weighted by Crippen LogP contribution is 2.20. The van der Waals surface area contributed by atoms with Gasteiger partial charge in [0.15, 0.2) is 0 Å². The molecule has 21 heavy (non-hydrogen) atoms. The number of anilines is 2. The Morgan fingerprint density at radius 3 is 2.43 bits per heavy atom. The summed E-state index contributed by atoms with van der Waals surface area (Å²) in [6.07, 6.45) is 2.55. The summed E-state index contributed by atoms with van der Waals surface area (Å²) >= 11 is 0. The molecular formula is C17H19N3O. The number of hydrogen-bond donors (Lipinski definition) is 3. The van der Waals surface area contributed by atoms with Gasteiger partial charge in [-0.3, -0.25) is 0 Å². The van der Waals surface area contributed by atoms with Gasteiger partial charge >= 0.3 is 6.03 Å². The number of amides is 2. The van der Waals surface area contributed by atoms with E-state index >= 15 is 0 Å². The topological polar surface area (TPSA) is 53.2 Å². The molecule has 0 aromatic heterocycles. The second-order valence-corrected chi connectivity index (χ2v) is 5.30. The fourth-order valence-corrected chi connectivity index (χ4v) is 2.12. The van der Waals surface area contributed by atoms with Crippen molar-refractivity contribution in [1.29, 1.82) is 0 Å². The molecule has 2 aromatic carbocycles. The van der Waals surface area contributed by atoms with E-state index in [9.17, 15) is 4.79 Å². The van der Waals surface area contributed by atoms with E-state index in [-0.39, 0.29) is 6.03 Å². The lowest BCUT2D eigenvalue weighted by Crippen LogP contribution is -2.20. The van der Waals surface area contributed by atoms with Crippen LogP contribution in [-0.2, 0) is 6.54 Å². The number of rotatable bonds is 5. The quantitative estimate of drug-likeness (QED) is 0.784. The lowest BCUT2D eigenvalue weighted by molar-refractivity contribution is 0.262. The number of para-hydroxylation sites is 1. The monoisotopic (exact) mass is 281 g/mol. The van der Waals surface area contributed by atoms with Crippen LogP contribution in [0, 0.1) is 0 Å². The van der Waals surface area contributed by atoms with Crippen LogP contribution in [0.5, 0.6) is 0 Å². The molecule has 0 aliphatic heterocycles. The molecule has 0 radical (unpaired) electrons. The minimum absolute atomic E-state index is 0.228. The van der Waals surface area contributed by atoms with Gasteiger partial charge in [0.25, 0.3) is 0 Å². The summed E-state index contributed by atoms with van der Waals surface area (Å²) in [6.45, 7) is 0.848. The Labute approximate surface area is 124 Å². The maximum atomic E-state index is 11.9. The van der Waals surface area contributed by atoms with Gasteiger partial charge in [0.1, 0.15) is 0 Å². The van der Waals surface area contributed by atoms with Crippen LogP contribution in [0.2, 0.25) is 0 Å². The van der Waals surface area contributed by atoms with Crippen LogP contribution in [0.15, 0.2) is 54.6 Å². The van der Waals surface area contributed by atoms with E-state index < -0.39 is 0 Å². The fraction of sp³-hybridized carbons (Fsp3) is 0.235. The summed E-state index contributed by atoms with van der Waals surface area (Å²) < 4.78 is 0. The van der Waals surface area contributed by atoms with Crippen molar-refractivity contribution in [2.75, 3.05) is 10.6 Å². The SMILES string of the molecule is O=C(Nc1ccccc1)Nc1cccc(CNC2CC2)c1. The molecule has 0 atom stereocenters. The molecule has 2 aromatic rings. The molecular weight excluding hydrogens is 262 g/mol. The van der Waals surface area contributed by atoms with Gasteiger partial charge < -0.3 is 16.0 Å². The third-order valence-corrected chi connectivity index (χ3v) is 3.39. The largest absolute Gasteiger partial charge is 0.323 e. The standard InChI is InChI=1S/C17H19N3O/c21-17(19-15-6-2-1-3-7-15)20-16-8-4-5-13(11-16)12-18-14-9-10-14/h1-8,11,14,18H,9-10,12H2,(H2,19,20,21). The smallest absolute Gasteiger partial charge is 0.310 e. The zero-order chi connectivity index (χ0) is 14.5. The van der Waals surface area contributed by atoms with Crippen molar-refractivity contribution < 1.29 is 4.79 Å². The molecule has 0 heterocycles. The van der Waals surface area contributed by atoms with Crippen LogP contribution < -0.4 is 16.0 Å². The highest BCUT2D eigenvalue weighted by molar-refractivity contribution is 5.99. The maximum absolute atomic E-state index is 11.9. The third kappa shape index (κ3) is 4.33. The van der Waals surface area contributed by atoms with Gasteiger partial charge in [0.05, 0.1) is 0 Å². The van der Waals surface area contributed by atoms with E-state index in [1.54, 1.807) is 0 Å². The van der Waals surface area contributed by atoms with Crippen LogP contribution in [0.1, 0.15) is 18.4 Å². The van der Waals surface area contributed by atoms with Gasteiger partial charge in [-0.15, -0.1) is 0 Å². The first-order chi connectivity index (χ1) is 10.3. The van der Waals surface area contributed by atoms with Crippen LogP contribution >= 0.6 is 0 Å². The first kappa shape index (κ1) is 13.6. The third-order valence-electron chi connectivity index (χ3n) is 3.39. The Bertz CT molecular complexity index is 608. The van der Waals surface area contributed by atoms with Crippen molar-refractivity contribution in [2.24, 2.45) is 0 Å². The molecule has 3 N–H and O–H groups in total. The lowest BCUT2D eigenvalue weighted by Gasteiger charge is -2.09. The summed E-state index contributed by atoms with van der Waals surface area (Å²) in [6, 6.07) is 17.8. The van der Waals surface area contributed by atoms with E-state index in [0.717, 1.165) is 17.9 Å². The van der Waals surface area contributed by atoms with E-state index in [4.69, 9.17) is 0 Å². The maximum Gasteiger partial charge on any atom is 0.323 e. The molecule has 3 rings (SSSR count). The van der Waals surface area contributed by atoms with Crippen molar-refractivity contribution in [2.45, 2.75) is 25.4 Å². The second kappa shape index (κ2) is 6.41. The summed E-state index contributed by atoms with van der Waals surface area (Å²) in [5.41, 5.74) is 2.76. The number of urea groups is 1. The Morgan fingerprint density at radius 2 is 1.67 bits per heavy atom. The molecule has 1 aliphatic rings. The van der Waals surface area contributed by atoms with E-state index in [2.05, 4.69) is 22.0 Å². The van der Waals surface area contributed by atoms with Gasteiger partial charge in [-0.2, -0.15) is 0 Å². The van der Waals surface area contributed by atoms with Crippen LogP contribution in [0.25, 0.3) is 0 Å². The van der Waals surface area contributed by atoms with Gasteiger partial charge in [-0.05, 0) is 42.7 Å². The van der Waals surface area contributed by atoms with E-state index in [0.29, 0.717) is 6.04 Å². The highest BCUT2D eigenvalue weighted by atomic mass is 16.2. The molecule has 4 nitrogen and oxygen atoms in total. The molecule has 2 amide bonds. The number of benzene rings is 2. The summed E-state index contributed by atoms with van der Waals surface area (Å²) in [4.78, 5) is 11.9. The first-order valence-corrected chi connectivity index (χ1v) is 7.25. The Hall–Kier alpha value is -2.33. The minimum Gasteiger partial charge on any atom is -0.310 e. The van der Waals surface area contributed by atoms with Gasteiger partial charge in [0, 0.05) is 24.0 Å². The van der Waals surface area contributed by atoms with Crippen LogP contribution in [0.4, 0.5) is 16.2 Å². The van der Waals surface area contributed by atoms with Crippen molar-refractivity contribution in [1.82, 2.24) is 5.32 Å². The average molecular weight is 281 g/mol. The van der Waals surface area contributed by atoms with Crippen molar-refractivity contribution in [3.8, 4) is 0 Å². The predicted octanol–water partition coefficient (Wildman–Crippen LogP) is 3.58. The number of carbonyl (C=O) groups is 1. The molecule has 108 valence electrons. The van der Waals surface area contributed by atoms with Crippen LogP contribution in [0.3, 0.4) is 0 Å². The molecule has 1 saturated carbocycles. The number of carbonyl (C=O) groups excluding carboxylic acids is 1. The number of nitrogens with one attached hydrogen (secondary N) is 3. The van der Waals surface area contributed by atoms with E-state index in [1.165, 1.54) is 18.4 Å². The van der Waals surface area contributed by atoms with Gasteiger partial charge in [-0.1, -0.05) is 30.3 Å². The molecule has 0 bridgehead atoms. The summed E-state index contributed by atoms with van der Waals surface area (Å²) in [7, 11) is 0. The van der Waals surface area contributed by atoms with Gasteiger partial charge in [-0.25, -0.2) is 4.79 Å². The summed E-state index contributed by atoms with van der Waals surface area (Å²) in [5, 5.41) is 9.13. The Morgan fingerprint density at radius 1 is 0.952 bits per heavy atom. The molecule has 1 fully saturated rings. The first-order valence-electron chi connectivity index (χ1n) is 7.25. The molecule has 0 saturated heterocycles. The zero-order valence-electron chi connectivity index (χ0n) is 11.8. The number of hydrogen-bond acceptors (Lipinski definition) is 2. The second-order valence-electron chi connectivity index (χ2n) is 5.30. The minimum atomic E-state index is -0.228. The fourth-order valence-electron chi connectivity index (χ4n) is 2.12. The Balaban J connectivity index is 1.56.